The van der Waals surface area contributed by atoms with E-state index in [1.54, 1.807) is 0 Å². The predicted octanol–water partition coefficient (Wildman–Crippen LogP) is 0.486. The number of hydrogen-bond acceptors (Lipinski definition) is 4. The molecule has 0 spiro atoms. The van der Waals surface area contributed by atoms with Gasteiger partial charge in [0.25, 0.3) is 0 Å². The number of thioether (sulfide) groups is 1. The highest BCUT2D eigenvalue weighted by molar-refractivity contribution is 8.04. The molecule has 1 fully saturated rings. The van der Waals surface area contributed by atoms with Gasteiger partial charge in [0.15, 0.2) is 0 Å². The van der Waals surface area contributed by atoms with Crippen molar-refractivity contribution in [1.29, 1.82) is 0 Å². The summed E-state index contributed by atoms with van der Waals surface area (Å²) >= 11 is 5.31. The van der Waals surface area contributed by atoms with Crippen LogP contribution in [0.25, 0.3) is 0 Å². The monoisotopic (exact) mass is 272 g/mol. The molecule has 0 aromatic heterocycles. The molecule has 0 unspecified atom stereocenters. The summed E-state index contributed by atoms with van der Waals surface area (Å²) in [5.74, 6) is -0.138. The molecule has 0 aliphatic carbocycles. The Morgan fingerprint density at radius 3 is 2.82 bits per heavy atom. The van der Waals surface area contributed by atoms with Crippen LogP contribution in [0.4, 0.5) is 0 Å². The van der Waals surface area contributed by atoms with Gasteiger partial charge in [-0.1, -0.05) is 12.6 Å². The third-order valence-electron chi connectivity index (χ3n) is 2.62. The SMILES string of the molecule is CC(=O)NCCC1=C(C(=O)S)N2C(=O)C[C@H]2S1. The predicted molar refractivity (Wildman–Crippen MR) is 67.2 cm³/mol. The Labute approximate surface area is 108 Å². The fourth-order valence-corrected chi connectivity index (χ4v) is 3.58. The van der Waals surface area contributed by atoms with Gasteiger partial charge in [-0.25, -0.2) is 0 Å². The van der Waals surface area contributed by atoms with Gasteiger partial charge in [0.05, 0.1) is 11.8 Å². The first-order chi connectivity index (χ1) is 8.00. The largest absolute Gasteiger partial charge is 0.356 e. The Kier molecular flexibility index (Phi) is 3.48. The number of amides is 2. The molecule has 1 saturated heterocycles. The summed E-state index contributed by atoms with van der Waals surface area (Å²) in [7, 11) is 0. The highest BCUT2D eigenvalue weighted by atomic mass is 32.2. The lowest BCUT2D eigenvalue weighted by Crippen LogP contribution is -2.48. The van der Waals surface area contributed by atoms with E-state index in [0.717, 1.165) is 4.91 Å². The summed E-state index contributed by atoms with van der Waals surface area (Å²) in [6, 6.07) is 0. The molecule has 2 amide bonds. The highest BCUT2D eigenvalue weighted by Gasteiger charge is 2.47. The van der Waals surface area contributed by atoms with Crippen molar-refractivity contribution in [3.63, 3.8) is 0 Å². The molecule has 0 aromatic rings. The number of fused-ring (bicyclic) bond motifs is 1. The normalized spacial score (nSPS) is 22.4. The number of carbonyl (C=O) groups excluding carboxylic acids is 3. The van der Waals surface area contributed by atoms with Crippen molar-refractivity contribution in [3.05, 3.63) is 10.6 Å². The molecule has 92 valence electrons. The average molecular weight is 272 g/mol. The Bertz CT molecular complexity index is 433. The lowest BCUT2D eigenvalue weighted by Gasteiger charge is -2.34. The Balaban J connectivity index is 2.07. The van der Waals surface area contributed by atoms with Gasteiger partial charge in [0, 0.05) is 18.4 Å². The summed E-state index contributed by atoms with van der Waals surface area (Å²) in [5, 5.41) is 2.34. The van der Waals surface area contributed by atoms with E-state index in [9.17, 15) is 14.4 Å². The van der Waals surface area contributed by atoms with Gasteiger partial charge < -0.3 is 5.32 Å². The van der Waals surface area contributed by atoms with E-state index >= 15 is 0 Å². The first kappa shape index (κ1) is 12.5. The maximum absolute atomic E-state index is 11.4. The van der Waals surface area contributed by atoms with Crippen LogP contribution < -0.4 is 5.32 Å². The third-order valence-corrected chi connectivity index (χ3v) is 4.16. The quantitative estimate of drug-likeness (QED) is 0.577. The smallest absolute Gasteiger partial charge is 0.233 e. The Morgan fingerprint density at radius 2 is 2.29 bits per heavy atom. The van der Waals surface area contributed by atoms with Crippen LogP contribution in [0.15, 0.2) is 10.6 Å². The van der Waals surface area contributed by atoms with Gasteiger partial charge in [-0.2, -0.15) is 0 Å². The van der Waals surface area contributed by atoms with Crippen LogP contribution in [-0.4, -0.2) is 33.7 Å². The zero-order chi connectivity index (χ0) is 12.6. The molecule has 2 rings (SSSR count). The highest BCUT2D eigenvalue weighted by Crippen LogP contribution is 2.47. The van der Waals surface area contributed by atoms with Gasteiger partial charge in [-0.05, 0) is 6.42 Å². The minimum absolute atomic E-state index is 0.0329. The van der Waals surface area contributed by atoms with Crippen molar-refractivity contribution in [2.45, 2.75) is 25.1 Å². The molecule has 1 N–H and O–H groups in total. The minimum atomic E-state index is -0.383. The topological polar surface area (TPSA) is 66.5 Å². The van der Waals surface area contributed by atoms with Crippen LogP contribution in [0, 0.1) is 0 Å². The van der Waals surface area contributed by atoms with Crippen LogP contribution in [-0.2, 0) is 14.4 Å². The molecule has 2 aliphatic rings. The van der Waals surface area contributed by atoms with Crippen LogP contribution in [0.2, 0.25) is 0 Å². The average Bonchev–Trinajstić information content (AvgIpc) is 2.50. The summed E-state index contributed by atoms with van der Waals surface area (Å²) in [5.41, 5.74) is 0.393. The number of rotatable bonds is 4. The fraction of sp³-hybridized carbons (Fsp3) is 0.500. The first-order valence-corrected chi connectivity index (χ1v) is 6.53. The van der Waals surface area contributed by atoms with Crippen LogP contribution in [0.1, 0.15) is 19.8 Å². The van der Waals surface area contributed by atoms with E-state index in [0.29, 0.717) is 25.1 Å². The molecule has 0 radical (unpaired) electrons. The fourth-order valence-electron chi connectivity index (χ4n) is 1.86. The van der Waals surface area contributed by atoms with Crippen LogP contribution in [0.3, 0.4) is 0 Å². The zero-order valence-corrected chi connectivity index (χ0v) is 10.9. The molecule has 7 heteroatoms. The van der Waals surface area contributed by atoms with Gasteiger partial charge >= 0.3 is 0 Å². The number of carbonyl (C=O) groups is 3. The molecular formula is C10H12N2O3S2. The summed E-state index contributed by atoms with van der Waals surface area (Å²) in [6.07, 6.45) is 1.03. The Hall–Kier alpha value is -0.950. The molecule has 5 nitrogen and oxygen atoms in total. The van der Waals surface area contributed by atoms with Crippen molar-refractivity contribution in [2.75, 3.05) is 6.54 Å². The molecule has 1 atom stereocenters. The van der Waals surface area contributed by atoms with Crippen molar-refractivity contribution in [1.82, 2.24) is 10.2 Å². The maximum atomic E-state index is 11.4. The minimum Gasteiger partial charge on any atom is -0.356 e. The number of nitrogens with one attached hydrogen (secondary N) is 1. The van der Waals surface area contributed by atoms with E-state index in [2.05, 4.69) is 17.9 Å². The van der Waals surface area contributed by atoms with E-state index in [1.807, 2.05) is 0 Å². The summed E-state index contributed by atoms with van der Waals surface area (Å²) in [4.78, 5) is 35.9. The van der Waals surface area contributed by atoms with Crippen molar-refractivity contribution in [2.24, 2.45) is 0 Å². The first-order valence-electron chi connectivity index (χ1n) is 5.20. The van der Waals surface area contributed by atoms with Crippen molar-refractivity contribution in [3.8, 4) is 0 Å². The van der Waals surface area contributed by atoms with Crippen molar-refractivity contribution >= 4 is 41.3 Å². The lowest BCUT2D eigenvalue weighted by molar-refractivity contribution is -0.139. The van der Waals surface area contributed by atoms with E-state index < -0.39 is 0 Å². The summed E-state index contributed by atoms with van der Waals surface area (Å²) in [6.45, 7) is 1.91. The van der Waals surface area contributed by atoms with Crippen LogP contribution >= 0.6 is 24.4 Å². The number of thiol groups is 1. The van der Waals surface area contributed by atoms with E-state index in [1.165, 1.54) is 23.6 Å². The van der Waals surface area contributed by atoms with Crippen LogP contribution in [0.5, 0.6) is 0 Å². The molecule has 0 bridgehead atoms. The number of nitrogens with zero attached hydrogens (tertiary/aromatic N) is 1. The standard InChI is InChI=1S/C10H12N2O3S2/c1-5(13)11-3-2-6-9(10(15)16)12-7(14)4-8(12)17-6/h8H,2-4H2,1H3,(H,11,13)(H,15,16)/t8-/m1/s1. The molecule has 2 heterocycles. The van der Waals surface area contributed by atoms with Gasteiger partial charge in [0.2, 0.25) is 16.9 Å². The third kappa shape index (κ3) is 2.35. The summed E-state index contributed by atoms with van der Waals surface area (Å²) < 4.78 is 0. The second kappa shape index (κ2) is 4.73. The second-order valence-electron chi connectivity index (χ2n) is 3.85. The van der Waals surface area contributed by atoms with Gasteiger partial charge in [-0.3, -0.25) is 19.3 Å². The molecule has 0 aromatic carbocycles. The molecule has 0 saturated carbocycles. The molecular weight excluding hydrogens is 260 g/mol. The number of β-lactam (4-membered cyclic amide) rings is 1. The zero-order valence-electron chi connectivity index (χ0n) is 9.23. The molecule has 17 heavy (non-hydrogen) atoms. The number of hydrogen-bond donors (Lipinski definition) is 2. The van der Waals surface area contributed by atoms with Gasteiger partial charge in [0.1, 0.15) is 5.70 Å². The van der Waals surface area contributed by atoms with E-state index in [4.69, 9.17) is 0 Å². The Morgan fingerprint density at radius 1 is 1.59 bits per heavy atom. The second-order valence-corrected chi connectivity index (χ2v) is 5.53. The van der Waals surface area contributed by atoms with Gasteiger partial charge in [-0.15, -0.1) is 11.8 Å². The molecule has 2 aliphatic heterocycles. The van der Waals surface area contributed by atoms with Crippen molar-refractivity contribution < 1.29 is 14.4 Å². The lowest BCUT2D eigenvalue weighted by atomic mass is 10.1. The van der Waals surface area contributed by atoms with E-state index in [-0.39, 0.29) is 22.3 Å². The maximum Gasteiger partial charge on any atom is 0.233 e.